The van der Waals surface area contributed by atoms with E-state index >= 15 is 0 Å². The highest BCUT2D eigenvalue weighted by molar-refractivity contribution is 5.87. The molecule has 0 unspecified atom stereocenters. The minimum Gasteiger partial charge on any atom is -0.496 e. The summed E-state index contributed by atoms with van der Waals surface area (Å²) in [6.45, 7) is 5.21. The first kappa shape index (κ1) is 17.5. The zero-order chi connectivity index (χ0) is 17.5. The van der Waals surface area contributed by atoms with E-state index in [1.807, 2.05) is 0 Å². The molecule has 0 spiro atoms. The van der Waals surface area contributed by atoms with Crippen LogP contribution in [-0.4, -0.2) is 18.6 Å². The number of methoxy groups -OCH3 is 1. The van der Waals surface area contributed by atoms with Crippen LogP contribution in [0.1, 0.15) is 30.9 Å². The molecule has 0 saturated heterocycles. The molecule has 2 nitrogen and oxygen atoms in total. The third-order valence-electron chi connectivity index (χ3n) is 4.68. The number of hydrogen-bond acceptors (Lipinski definition) is 2. The monoisotopic (exact) mass is 333 g/mol. The van der Waals surface area contributed by atoms with E-state index < -0.39 is 0 Å². The van der Waals surface area contributed by atoms with Crippen molar-refractivity contribution in [3.05, 3.63) is 77.9 Å². The molecule has 3 aromatic rings. The van der Waals surface area contributed by atoms with Crippen molar-refractivity contribution in [1.82, 2.24) is 4.90 Å². The SMILES string of the molecule is CCCCN(Cc1ccccc1)Cc1c(OC)ccc2ccccc12. The van der Waals surface area contributed by atoms with Crippen LogP contribution in [0.5, 0.6) is 5.75 Å². The number of unbranched alkanes of at least 4 members (excludes halogenated alkanes) is 1. The topological polar surface area (TPSA) is 12.5 Å². The Balaban J connectivity index is 1.91. The predicted molar refractivity (Wildman–Crippen MR) is 106 cm³/mol. The number of nitrogens with zero attached hydrogens (tertiary/aromatic N) is 1. The van der Waals surface area contributed by atoms with Crippen LogP contribution in [0.2, 0.25) is 0 Å². The van der Waals surface area contributed by atoms with E-state index in [2.05, 4.69) is 78.6 Å². The molecule has 3 aromatic carbocycles. The van der Waals surface area contributed by atoms with Crippen LogP contribution in [-0.2, 0) is 13.1 Å². The van der Waals surface area contributed by atoms with Gasteiger partial charge in [0.25, 0.3) is 0 Å². The summed E-state index contributed by atoms with van der Waals surface area (Å²) in [5.74, 6) is 0.980. The lowest BCUT2D eigenvalue weighted by molar-refractivity contribution is 0.249. The number of benzene rings is 3. The molecule has 0 aliphatic rings. The molecular weight excluding hydrogens is 306 g/mol. The zero-order valence-electron chi connectivity index (χ0n) is 15.2. The second-order valence-electron chi connectivity index (χ2n) is 6.52. The van der Waals surface area contributed by atoms with E-state index in [1.54, 1.807) is 7.11 Å². The third-order valence-corrected chi connectivity index (χ3v) is 4.68. The zero-order valence-corrected chi connectivity index (χ0v) is 15.2. The molecule has 0 amide bonds. The van der Waals surface area contributed by atoms with Crippen LogP contribution in [0.4, 0.5) is 0 Å². The average Bonchev–Trinajstić information content (AvgIpc) is 2.67. The van der Waals surface area contributed by atoms with E-state index in [-0.39, 0.29) is 0 Å². The number of hydrogen-bond donors (Lipinski definition) is 0. The molecule has 3 rings (SSSR count). The third kappa shape index (κ3) is 4.40. The number of fused-ring (bicyclic) bond motifs is 1. The summed E-state index contributed by atoms with van der Waals surface area (Å²) < 4.78 is 5.68. The fourth-order valence-electron chi connectivity index (χ4n) is 3.33. The molecule has 0 radical (unpaired) electrons. The summed E-state index contributed by atoms with van der Waals surface area (Å²) in [4.78, 5) is 2.53. The van der Waals surface area contributed by atoms with E-state index in [4.69, 9.17) is 4.74 Å². The Hall–Kier alpha value is -2.32. The van der Waals surface area contributed by atoms with Crippen molar-refractivity contribution in [3.63, 3.8) is 0 Å². The van der Waals surface area contributed by atoms with Crippen molar-refractivity contribution in [1.29, 1.82) is 0 Å². The Kier molecular flexibility index (Phi) is 6.08. The molecule has 130 valence electrons. The Bertz CT molecular complexity index is 798. The smallest absolute Gasteiger partial charge is 0.123 e. The summed E-state index contributed by atoms with van der Waals surface area (Å²) in [6.07, 6.45) is 2.41. The van der Waals surface area contributed by atoms with Gasteiger partial charge in [0, 0.05) is 18.7 Å². The Morgan fingerprint density at radius 1 is 0.840 bits per heavy atom. The van der Waals surface area contributed by atoms with Gasteiger partial charge in [0.15, 0.2) is 0 Å². The molecule has 0 atom stereocenters. The average molecular weight is 333 g/mol. The fraction of sp³-hybridized carbons (Fsp3) is 0.304. The van der Waals surface area contributed by atoms with E-state index in [1.165, 1.54) is 34.7 Å². The van der Waals surface area contributed by atoms with Crippen molar-refractivity contribution in [3.8, 4) is 5.75 Å². The molecule has 0 heterocycles. The maximum absolute atomic E-state index is 5.68. The minimum absolute atomic E-state index is 0.902. The van der Waals surface area contributed by atoms with Crippen LogP contribution in [0.15, 0.2) is 66.7 Å². The van der Waals surface area contributed by atoms with Gasteiger partial charge >= 0.3 is 0 Å². The number of rotatable bonds is 8. The quantitative estimate of drug-likeness (QED) is 0.528. The highest BCUT2D eigenvalue weighted by atomic mass is 16.5. The van der Waals surface area contributed by atoms with Gasteiger partial charge in [0.05, 0.1) is 7.11 Å². The first-order valence-electron chi connectivity index (χ1n) is 9.12. The van der Waals surface area contributed by atoms with Crippen LogP contribution in [0.25, 0.3) is 10.8 Å². The van der Waals surface area contributed by atoms with Crippen molar-refractivity contribution >= 4 is 10.8 Å². The molecule has 0 aliphatic carbocycles. The van der Waals surface area contributed by atoms with Crippen molar-refractivity contribution in [2.24, 2.45) is 0 Å². The maximum atomic E-state index is 5.68. The maximum Gasteiger partial charge on any atom is 0.123 e. The standard InChI is InChI=1S/C23H27NO/c1-3-4-16-24(17-19-10-6-5-7-11-19)18-22-21-13-9-8-12-20(21)14-15-23(22)25-2/h5-15H,3-4,16-18H2,1-2H3. The van der Waals surface area contributed by atoms with Crippen LogP contribution >= 0.6 is 0 Å². The van der Waals surface area contributed by atoms with Gasteiger partial charge < -0.3 is 4.74 Å². The molecule has 0 fully saturated rings. The largest absolute Gasteiger partial charge is 0.496 e. The summed E-state index contributed by atoms with van der Waals surface area (Å²) >= 11 is 0. The second kappa shape index (κ2) is 8.68. The Morgan fingerprint density at radius 3 is 2.36 bits per heavy atom. The first-order chi connectivity index (χ1) is 12.3. The van der Waals surface area contributed by atoms with Gasteiger partial charge in [-0.15, -0.1) is 0 Å². The highest BCUT2D eigenvalue weighted by Crippen LogP contribution is 2.29. The van der Waals surface area contributed by atoms with E-state index in [0.717, 1.165) is 25.4 Å². The molecule has 0 saturated carbocycles. The van der Waals surface area contributed by atoms with Gasteiger partial charge in [-0.3, -0.25) is 4.90 Å². The molecule has 0 bridgehead atoms. The highest BCUT2D eigenvalue weighted by Gasteiger charge is 2.13. The van der Waals surface area contributed by atoms with E-state index in [9.17, 15) is 0 Å². The molecule has 0 aromatic heterocycles. The molecule has 25 heavy (non-hydrogen) atoms. The number of ether oxygens (including phenoxy) is 1. The second-order valence-corrected chi connectivity index (χ2v) is 6.52. The van der Waals surface area contributed by atoms with Gasteiger partial charge in [-0.05, 0) is 35.4 Å². The lowest BCUT2D eigenvalue weighted by Crippen LogP contribution is -2.24. The molecule has 0 N–H and O–H groups in total. The molecule has 2 heteroatoms. The minimum atomic E-state index is 0.902. The van der Waals surface area contributed by atoms with Gasteiger partial charge in [0.2, 0.25) is 0 Å². The first-order valence-corrected chi connectivity index (χ1v) is 9.12. The lowest BCUT2D eigenvalue weighted by Gasteiger charge is -2.24. The van der Waals surface area contributed by atoms with Crippen LogP contribution in [0, 0.1) is 0 Å². The van der Waals surface area contributed by atoms with Crippen molar-refractivity contribution in [2.75, 3.05) is 13.7 Å². The summed E-state index contributed by atoms with van der Waals surface area (Å²) in [7, 11) is 1.77. The fourth-order valence-corrected chi connectivity index (χ4v) is 3.33. The van der Waals surface area contributed by atoms with E-state index in [0.29, 0.717) is 0 Å². The molecule has 0 aliphatic heterocycles. The summed E-state index contributed by atoms with van der Waals surface area (Å²) in [5.41, 5.74) is 2.64. The van der Waals surface area contributed by atoms with Gasteiger partial charge in [0.1, 0.15) is 5.75 Å². The molecular formula is C23H27NO. The summed E-state index contributed by atoms with van der Waals surface area (Å²) in [6, 6.07) is 23.5. The predicted octanol–water partition coefficient (Wildman–Crippen LogP) is 5.65. The normalized spacial score (nSPS) is 11.2. The Morgan fingerprint density at radius 2 is 1.60 bits per heavy atom. The Labute approximate surface area is 151 Å². The summed E-state index contributed by atoms with van der Waals surface area (Å²) in [5, 5.41) is 2.56. The van der Waals surface area contributed by atoms with Gasteiger partial charge in [-0.2, -0.15) is 0 Å². The van der Waals surface area contributed by atoms with Crippen molar-refractivity contribution in [2.45, 2.75) is 32.9 Å². The lowest BCUT2D eigenvalue weighted by atomic mass is 10.0. The van der Waals surface area contributed by atoms with Gasteiger partial charge in [-0.1, -0.05) is 74.0 Å². The van der Waals surface area contributed by atoms with Crippen molar-refractivity contribution < 1.29 is 4.74 Å². The van der Waals surface area contributed by atoms with Crippen LogP contribution in [0.3, 0.4) is 0 Å². The van der Waals surface area contributed by atoms with Gasteiger partial charge in [-0.25, -0.2) is 0 Å². The van der Waals surface area contributed by atoms with Crippen LogP contribution < -0.4 is 4.74 Å².